The van der Waals surface area contributed by atoms with Gasteiger partial charge in [-0.1, -0.05) is 0 Å². The van der Waals surface area contributed by atoms with Crippen molar-refractivity contribution in [2.24, 2.45) is 11.3 Å². The van der Waals surface area contributed by atoms with E-state index < -0.39 is 55.7 Å². The third-order valence-corrected chi connectivity index (χ3v) is 9.07. The van der Waals surface area contributed by atoms with E-state index in [4.69, 9.17) is 27.1 Å². The van der Waals surface area contributed by atoms with Gasteiger partial charge in [0.2, 0.25) is 0 Å². The van der Waals surface area contributed by atoms with Crippen LogP contribution in [0.25, 0.3) is 0 Å². The number of fused-ring (bicyclic) bond motifs is 1. The lowest BCUT2D eigenvalue weighted by atomic mass is 10.0. The van der Waals surface area contributed by atoms with Gasteiger partial charge in [-0.3, -0.25) is 27.1 Å². The number of hydrogen-bond acceptors (Lipinski definition) is 9. The van der Waals surface area contributed by atoms with Crippen molar-refractivity contribution in [3.8, 4) is 0 Å². The molecule has 34 heavy (non-hydrogen) atoms. The van der Waals surface area contributed by atoms with Crippen LogP contribution in [0.5, 0.6) is 0 Å². The van der Waals surface area contributed by atoms with Gasteiger partial charge in [0.25, 0.3) is 0 Å². The summed E-state index contributed by atoms with van der Waals surface area (Å²) in [4.78, 5) is 0. The lowest BCUT2D eigenvalue weighted by molar-refractivity contribution is -0.0359. The Kier molecular flexibility index (Phi) is 8.48. The average molecular weight is 529 g/mol. The van der Waals surface area contributed by atoms with Gasteiger partial charge in [-0.25, -0.2) is 9.13 Å². The van der Waals surface area contributed by atoms with Gasteiger partial charge in [-0.05, 0) is 95.4 Å². The Morgan fingerprint density at radius 2 is 1.12 bits per heavy atom. The number of rotatable bonds is 9. The van der Waals surface area contributed by atoms with E-state index in [1.54, 1.807) is 83.1 Å². The zero-order valence-corrected chi connectivity index (χ0v) is 24.7. The molecular formula is C23H46O9P2. The Bertz CT molecular complexity index is 776. The van der Waals surface area contributed by atoms with E-state index in [1.165, 1.54) is 0 Å². The highest BCUT2D eigenvalue weighted by atomic mass is 31.2. The molecule has 0 unspecified atom stereocenters. The monoisotopic (exact) mass is 528 g/mol. The fraction of sp³-hybridized carbons (Fsp3) is 1.00. The second kappa shape index (κ2) is 9.49. The molecule has 2 aliphatic carbocycles. The topological polar surface area (TPSA) is 110 Å². The van der Waals surface area contributed by atoms with Crippen LogP contribution in [0.2, 0.25) is 0 Å². The summed E-state index contributed by atoms with van der Waals surface area (Å²) in [6.45, 7) is 21.1. The van der Waals surface area contributed by atoms with Gasteiger partial charge in [0.05, 0.1) is 41.2 Å². The Morgan fingerprint density at radius 1 is 0.735 bits per heavy atom. The van der Waals surface area contributed by atoms with Crippen LogP contribution in [-0.2, 0) is 36.3 Å². The minimum Gasteiger partial charge on any atom is -0.393 e. The van der Waals surface area contributed by atoms with Crippen LogP contribution in [0.1, 0.15) is 95.9 Å². The molecule has 0 bridgehead atoms. The second-order valence-electron chi connectivity index (χ2n) is 13.4. The molecule has 0 radical (unpaired) electrons. The molecule has 1 N–H and O–H groups in total. The van der Waals surface area contributed by atoms with E-state index in [0.717, 1.165) is 0 Å². The van der Waals surface area contributed by atoms with E-state index >= 15 is 0 Å². The molecule has 2 saturated carbocycles. The molecular weight excluding hydrogens is 482 g/mol. The van der Waals surface area contributed by atoms with Crippen molar-refractivity contribution in [1.82, 2.24) is 0 Å². The Balaban J connectivity index is 2.27. The summed E-state index contributed by atoms with van der Waals surface area (Å²) in [5.74, 6) is -0.145. The third kappa shape index (κ3) is 8.93. The van der Waals surface area contributed by atoms with Crippen LogP contribution in [0.3, 0.4) is 0 Å². The first-order valence-corrected chi connectivity index (χ1v) is 14.8. The van der Waals surface area contributed by atoms with Gasteiger partial charge in [0.1, 0.15) is 0 Å². The van der Waals surface area contributed by atoms with Gasteiger partial charge in [0.15, 0.2) is 0 Å². The summed E-state index contributed by atoms with van der Waals surface area (Å²) in [5, 5.41) is 10.6. The molecule has 2 fully saturated rings. The molecule has 0 aliphatic heterocycles. The largest absolute Gasteiger partial charge is 0.476 e. The highest BCUT2D eigenvalue weighted by molar-refractivity contribution is 7.48. The lowest BCUT2D eigenvalue weighted by Crippen LogP contribution is -2.32. The van der Waals surface area contributed by atoms with Crippen LogP contribution in [0, 0.1) is 11.3 Å². The number of aliphatic hydroxyl groups is 1. The maximum Gasteiger partial charge on any atom is 0.476 e. The molecule has 0 saturated heterocycles. The van der Waals surface area contributed by atoms with Crippen LogP contribution in [-0.4, -0.2) is 46.3 Å². The van der Waals surface area contributed by atoms with E-state index in [1.807, 2.05) is 0 Å². The van der Waals surface area contributed by atoms with Crippen molar-refractivity contribution in [3.63, 3.8) is 0 Å². The minimum absolute atomic E-state index is 0.0478. The zero-order chi connectivity index (χ0) is 26.6. The normalized spacial score (nSPS) is 28.8. The highest BCUT2D eigenvalue weighted by Gasteiger charge is 2.70. The summed E-state index contributed by atoms with van der Waals surface area (Å²) in [7, 11) is -7.98. The summed E-state index contributed by atoms with van der Waals surface area (Å²) in [6.07, 6.45) is -0.545. The molecule has 2 rings (SSSR count). The molecule has 202 valence electrons. The molecule has 0 aromatic heterocycles. The van der Waals surface area contributed by atoms with E-state index in [2.05, 4.69) is 0 Å². The Morgan fingerprint density at radius 3 is 1.47 bits per heavy atom. The first-order chi connectivity index (χ1) is 14.9. The van der Waals surface area contributed by atoms with Gasteiger partial charge in [0, 0.05) is 11.8 Å². The third-order valence-electron chi connectivity index (χ3n) is 5.03. The van der Waals surface area contributed by atoms with Crippen molar-refractivity contribution in [2.75, 3.05) is 6.61 Å². The lowest BCUT2D eigenvalue weighted by Gasteiger charge is -2.35. The van der Waals surface area contributed by atoms with Gasteiger partial charge in [-0.2, -0.15) is 0 Å². The van der Waals surface area contributed by atoms with E-state index in [0.29, 0.717) is 6.42 Å². The van der Waals surface area contributed by atoms with Crippen LogP contribution < -0.4 is 0 Å². The zero-order valence-electron chi connectivity index (χ0n) is 23.0. The van der Waals surface area contributed by atoms with Crippen molar-refractivity contribution < 1.29 is 41.4 Å². The summed E-state index contributed by atoms with van der Waals surface area (Å²) in [5.41, 5.74) is -3.83. The molecule has 0 amide bonds. The fourth-order valence-corrected chi connectivity index (χ4v) is 8.05. The first kappa shape index (κ1) is 30.4. The van der Waals surface area contributed by atoms with Crippen molar-refractivity contribution in [2.45, 2.75) is 131 Å². The second-order valence-corrected chi connectivity index (χ2v) is 16.4. The minimum atomic E-state index is -4.02. The summed E-state index contributed by atoms with van der Waals surface area (Å²) < 4.78 is 62.1. The van der Waals surface area contributed by atoms with E-state index in [-0.39, 0.29) is 18.9 Å². The Hall–Kier alpha value is 0.180. The summed E-state index contributed by atoms with van der Waals surface area (Å²) >= 11 is 0. The smallest absolute Gasteiger partial charge is 0.393 e. The predicted octanol–water partition coefficient (Wildman–Crippen LogP) is 6.64. The highest BCUT2D eigenvalue weighted by Crippen LogP contribution is 2.70. The number of phosphoric acid groups is 2. The molecule has 0 aromatic carbocycles. The van der Waals surface area contributed by atoms with Crippen LogP contribution in [0.4, 0.5) is 0 Å². The molecule has 0 heterocycles. The van der Waals surface area contributed by atoms with Crippen molar-refractivity contribution >= 4 is 15.6 Å². The van der Waals surface area contributed by atoms with Crippen molar-refractivity contribution in [1.29, 1.82) is 0 Å². The quantitative estimate of drug-likeness (QED) is 0.329. The standard InChI is InChI=1S/C23H46O9P2/c1-19(2,3)29-33(25,30-20(4,5)6)27-15-23-14-16(23)17(24)13-18(23)28-34(26,31-21(7,8)9)32-22(10,11)12/h16-18,24H,13-15H2,1-12H3/t16-,17-,18+,23-/m1/s1. The molecule has 11 heteroatoms. The van der Waals surface area contributed by atoms with Crippen LogP contribution in [0.15, 0.2) is 0 Å². The number of aliphatic hydroxyl groups excluding tert-OH is 1. The van der Waals surface area contributed by atoms with Gasteiger partial charge in [-0.15, -0.1) is 0 Å². The van der Waals surface area contributed by atoms with Crippen molar-refractivity contribution in [3.05, 3.63) is 0 Å². The maximum absolute atomic E-state index is 13.7. The molecule has 0 aromatic rings. The average Bonchev–Trinajstić information content (AvgIpc) is 3.14. The molecule has 0 spiro atoms. The van der Waals surface area contributed by atoms with E-state index in [9.17, 15) is 14.2 Å². The fourth-order valence-electron chi connectivity index (χ4n) is 4.09. The maximum atomic E-state index is 13.7. The number of phosphoric ester groups is 2. The SMILES string of the molecule is CC(C)(C)OP(=O)(OC[C@]12C[C@@H]1[C@H](O)C[C@@H]2OP(=O)(OC(C)(C)C)OC(C)(C)C)OC(C)(C)C. The van der Waals surface area contributed by atoms with Gasteiger partial charge >= 0.3 is 15.6 Å². The summed E-state index contributed by atoms with van der Waals surface area (Å²) in [6, 6.07) is 0. The molecule has 2 aliphatic rings. The molecule has 4 atom stereocenters. The van der Waals surface area contributed by atoms with Crippen LogP contribution >= 0.6 is 15.6 Å². The Labute approximate surface area is 205 Å². The van der Waals surface area contributed by atoms with Gasteiger partial charge < -0.3 is 5.11 Å². The first-order valence-electron chi connectivity index (χ1n) is 11.9. The molecule has 9 nitrogen and oxygen atoms in total. The number of hydrogen-bond donors (Lipinski definition) is 1. The predicted molar refractivity (Wildman–Crippen MR) is 131 cm³/mol.